The molecular weight excluding hydrogens is 997 g/mol. The Morgan fingerprint density at radius 2 is 0.481 bits per heavy atom. The van der Waals surface area contributed by atoms with Crippen LogP contribution in [0.2, 0.25) is 0 Å². The third kappa shape index (κ3) is 66.5. The molecule has 0 N–H and O–H groups in total. The van der Waals surface area contributed by atoms with Gasteiger partial charge in [0.2, 0.25) is 0 Å². The van der Waals surface area contributed by atoms with Crippen molar-refractivity contribution in [1.82, 2.24) is 0 Å². The smallest absolute Gasteiger partial charge is 0.306 e. The van der Waals surface area contributed by atoms with Gasteiger partial charge in [0, 0.05) is 19.3 Å². The molecule has 462 valence electrons. The van der Waals surface area contributed by atoms with E-state index in [0.717, 1.165) is 135 Å². The fraction of sp³-hybridized carbons (Fsp3) is 0.693. The molecule has 0 saturated carbocycles. The highest BCUT2D eigenvalue weighted by Crippen LogP contribution is 2.16. The summed E-state index contributed by atoms with van der Waals surface area (Å²) in [4.78, 5) is 38.4. The number of hydrogen-bond acceptors (Lipinski definition) is 6. The Morgan fingerprint density at radius 3 is 0.765 bits per heavy atom. The van der Waals surface area contributed by atoms with Gasteiger partial charge in [0.1, 0.15) is 13.2 Å². The summed E-state index contributed by atoms with van der Waals surface area (Å²) in [6, 6.07) is 0. The molecule has 0 aliphatic rings. The molecule has 0 fully saturated rings. The SMILES string of the molecule is CC/C=C\C/C=C\C/C=C\C/C=C\C/C=C\CCCCCCCCCCCCCCCCCC(=O)OCC(COC(=O)CCCCCCC/C=C\CCCCCC)OC(=O)CCCCCCCC/C=C\C/C=C\C/C=C\C/C=C\CC. The van der Waals surface area contributed by atoms with Crippen LogP contribution in [0.5, 0.6) is 0 Å². The fourth-order valence-corrected chi connectivity index (χ4v) is 9.40. The Hall–Kier alpha value is -4.19. The summed E-state index contributed by atoms with van der Waals surface area (Å²) < 4.78 is 16.9. The zero-order chi connectivity index (χ0) is 58.5. The van der Waals surface area contributed by atoms with Gasteiger partial charge in [0.25, 0.3) is 0 Å². The number of ether oxygens (including phenoxy) is 3. The van der Waals surface area contributed by atoms with Crippen molar-refractivity contribution in [3.05, 3.63) is 122 Å². The van der Waals surface area contributed by atoms with Crippen molar-refractivity contribution in [3.63, 3.8) is 0 Å². The lowest BCUT2D eigenvalue weighted by Gasteiger charge is -2.18. The first-order valence-corrected chi connectivity index (χ1v) is 34.0. The number of esters is 3. The van der Waals surface area contributed by atoms with Crippen molar-refractivity contribution in [1.29, 1.82) is 0 Å². The number of unbranched alkanes of at least 4 members (excludes halogenated alkanes) is 30. The zero-order valence-corrected chi connectivity index (χ0v) is 53.0. The average Bonchev–Trinajstić information content (AvgIpc) is 3.46. The molecule has 1 atom stereocenters. The van der Waals surface area contributed by atoms with E-state index in [1.165, 1.54) is 141 Å². The lowest BCUT2D eigenvalue weighted by Crippen LogP contribution is -2.30. The minimum absolute atomic E-state index is 0.0866. The van der Waals surface area contributed by atoms with E-state index < -0.39 is 6.10 Å². The molecule has 0 amide bonds. The van der Waals surface area contributed by atoms with Crippen molar-refractivity contribution < 1.29 is 28.6 Å². The Labute approximate surface area is 501 Å². The molecule has 6 nitrogen and oxygen atoms in total. The van der Waals surface area contributed by atoms with Crippen molar-refractivity contribution >= 4 is 17.9 Å². The number of allylic oxidation sites excluding steroid dienone is 20. The highest BCUT2D eigenvalue weighted by Gasteiger charge is 2.19. The van der Waals surface area contributed by atoms with Crippen LogP contribution in [-0.2, 0) is 28.6 Å². The molecule has 0 radical (unpaired) electrons. The maximum absolute atomic E-state index is 12.9. The van der Waals surface area contributed by atoms with Crippen LogP contribution in [-0.4, -0.2) is 37.2 Å². The fourth-order valence-electron chi connectivity index (χ4n) is 9.40. The molecule has 0 spiro atoms. The first kappa shape index (κ1) is 76.8. The van der Waals surface area contributed by atoms with Gasteiger partial charge in [-0.05, 0) is 128 Å². The second-order valence-corrected chi connectivity index (χ2v) is 22.3. The van der Waals surface area contributed by atoms with Crippen LogP contribution in [0, 0.1) is 0 Å². The number of carbonyl (C=O) groups is 3. The predicted octanol–water partition coefficient (Wildman–Crippen LogP) is 23.6. The molecule has 0 saturated heterocycles. The largest absolute Gasteiger partial charge is 0.462 e. The first-order valence-electron chi connectivity index (χ1n) is 34.0. The molecule has 0 bridgehead atoms. The lowest BCUT2D eigenvalue weighted by atomic mass is 10.0. The van der Waals surface area contributed by atoms with E-state index in [0.29, 0.717) is 19.3 Å². The van der Waals surface area contributed by atoms with E-state index in [1.807, 2.05) is 0 Å². The summed E-state index contributed by atoms with van der Waals surface area (Å²) in [6.07, 6.45) is 95.0. The van der Waals surface area contributed by atoms with Crippen LogP contribution in [0.1, 0.15) is 316 Å². The molecule has 6 heteroatoms. The normalized spacial score (nSPS) is 12.9. The Balaban J connectivity index is 4.26. The molecule has 0 aromatic rings. The molecule has 0 heterocycles. The van der Waals surface area contributed by atoms with E-state index in [9.17, 15) is 14.4 Å². The topological polar surface area (TPSA) is 78.9 Å². The van der Waals surface area contributed by atoms with E-state index in [-0.39, 0.29) is 31.1 Å². The summed E-state index contributed by atoms with van der Waals surface area (Å²) in [5.41, 5.74) is 0. The van der Waals surface area contributed by atoms with Gasteiger partial charge < -0.3 is 14.2 Å². The number of carbonyl (C=O) groups excluding carboxylic acids is 3. The van der Waals surface area contributed by atoms with Gasteiger partial charge in [0.15, 0.2) is 6.10 Å². The van der Waals surface area contributed by atoms with Crippen LogP contribution in [0.4, 0.5) is 0 Å². The van der Waals surface area contributed by atoms with Crippen LogP contribution in [0.25, 0.3) is 0 Å². The van der Waals surface area contributed by atoms with Gasteiger partial charge in [-0.25, -0.2) is 0 Å². The van der Waals surface area contributed by atoms with E-state index in [2.05, 4.69) is 142 Å². The third-order valence-electron chi connectivity index (χ3n) is 14.4. The maximum atomic E-state index is 12.9. The summed E-state index contributed by atoms with van der Waals surface area (Å²) in [5.74, 6) is -0.901. The van der Waals surface area contributed by atoms with Crippen LogP contribution >= 0.6 is 0 Å². The molecule has 0 aromatic heterocycles. The Kier molecular flexibility index (Phi) is 64.8. The summed E-state index contributed by atoms with van der Waals surface area (Å²) >= 11 is 0. The number of rotatable bonds is 61. The van der Waals surface area contributed by atoms with Crippen LogP contribution < -0.4 is 0 Å². The molecule has 0 rings (SSSR count). The Bertz CT molecular complexity index is 1670. The summed E-state index contributed by atoms with van der Waals surface area (Å²) in [6.45, 7) is 6.40. The van der Waals surface area contributed by atoms with Crippen molar-refractivity contribution in [2.75, 3.05) is 13.2 Å². The minimum atomic E-state index is -0.792. The minimum Gasteiger partial charge on any atom is -0.462 e. The Morgan fingerprint density at radius 1 is 0.259 bits per heavy atom. The summed E-state index contributed by atoms with van der Waals surface area (Å²) in [7, 11) is 0. The monoisotopic (exact) mass is 1120 g/mol. The second-order valence-electron chi connectivity index (χ2n) is 22.3. The van der Waals surface area contributed by atoms with E-state index >= 15 is 0 Å². The van der Waals surface area contributed by atoms with E-state index in [4.69, 9.17) is 14.2 Å². The number of hydrogen-bond donors (Lipinski definition) is 0. The van der Waals surface area contributed by atoms with Gasteiger partial charge in [-0.2, -0.15) is 0 Å². The maximum Gasteiger partial charge on any atom is 0.306 e. The molecule has 0 aromatic carbocycles. The molecule has 0 aliphatic carbocycles. The van der Waals surface area contributed by atoms with Gasteiger partial charge >= 0.3 is 17.9 Å². The lowest BCUT2D eigenvalue weighted by molar-refractivity contribution is -0.167. The molecule has 1 unspecified atom stereocenters. The highest BCUT2D eigenvalue weighted by molar-refractivity contribution is 5.71. The quantitative estimate of drug-likeness (QED) is 0.0261. The van der Waals surface area contributed by atoms with Crippen molar-refractivity contribution in [2.24, 2.45) is 0 Å². The highest BCUT2D eigenvalue weighted by atomic mass is 16.6. The molecule has 81 heavy (non-hydrogen) atoms. The first-order chi connectivity index (χ1) is 40.0. The predicted molar refractivity (Wildman–Crippen MR) is 353 cm³/mol. The van der Waals surface area contributed by atoms with Crippen molar-refractivity contribution in [2.45, 2.75) is 322 Å². The zero-order valence-electron chi connectivity index (χ0n) is 53.0. The van der Waals surface area contributed by atoms with Crippen molar-refractivity contribution in [3.8, 4) is 0 Å². The van der Waals surface area contributed by atoms with Crippen LogP contribution in [0.3, 0.4) is 0 Å². The average molecular weight is 1120 g/mol. The van der Waals surface area contributed by atoms with E-state index in [1.54, 1.807) is 0 Å². The van der Waals surface area contributed by atoms with Gasteiger partial charge in [0.05, 0.1) is 0 Å². The summed E-state index contributed by atoms with van der Waals surface area (Å²) in [5, 5.41) is 0. The van der Waals surface area contributed by atoms with Gasteiger partial charge in [-0.3, -0.25) is 14.4 Å². The van der Waals surface area contributed by atoms with Gasteiger partial charge in [-0.1, -0.05) is 290 Å². The second kappa shape index (κ2) is 68.3. The molecular formula is C75H126O6. The molecule has 0 aliphatic heterocycles. The van der Waals surface area contributed by atoms with Crippen LogP contribution in [0.15, 0.2) is 122 Å². The standard InChI is InChI=1S/C75H126O6/c1-4-7-10-13-16-19-22-25-27-29-31-32-33-34-35-36-37-38-39-40-41-42-44-45-47-50-53-56-59-62-65-68-74(77)80-71-72(70-79-73(76)67-64-61-58-55-52-49-24-21-18-15-12-9-6-3)81-75(78)69-66-63-60-57-54-51-48-46-43-30-28-26-23-20-17-14-11-8-5-2/h7-8,10-11,16-17,19-21,24-28,31-32,34-35,43,46,72H,4-6,9,12-15,18,22-23,29-30,33,36-42,44-45,47-71H2,1-3H3/b10-7-,11-8-,19-16-,20-17-,24-21-,27-25-,28-26-,32-31-,35-34-,46-43-. The van der Waals surface area contributed by atoms with Gasteiger partial charge in [-0.15, -0.1) is 0 Å². The third-order valence-corrected chi connectivity index (χ3v) is 14.4.